The molecule has 1 spiro atoms. The zero-order chi connectivity index (χ0) is 14.9. The molecule has 0 N–H and O–H groups in total. The van der Waals surface area contributed by atoms with E-state index >= 15 is 0 Å². The maximum Gasteiger partial charge on any atom is 0.226 e. The van der Waals surface area contributed by atoms with E-state index < -0.39 is 23.6 Å². The molecule has 3 aliphatic rings. The highest BCUT2D eigenvalue weighted by molar-refractivity contribution is 5.84. The number of carboxylic acids is 1. The van der Waals surface area contributed by atoms with Gasteiger partial charge in [-0.2, -0.15) is 0 Å². The molecule has 2 atom stereocenters. The summed E-state index contributed by atoms with van der Waals surface area (Å²) in [5, 5.41) is 11.2. The van der Waals surface area contributed by atoms with Gasteiger partial charge in [0.1, 0.15) is 0 Å². The zero-order valence-electron chi connectivity index (χ0n) is 12.2. The number of likely N-dealkylation sites (tertiary alicyclic amines) is 1. The van der Waals surface area contributed by atoms with E-state index in [9.17, 15) is 14.7 Å². The SMILES string of the molecule is O=C([O-])[C@@H]1CCCC[C@@H]1C(=O)N1CCC2(CC1)OCCO2. The van der Waals surface area contributed by atoms with Gasteiger partial charge < -0.3 is 24.3 Å². The second-order valence-electron chi connectivity index (χ2n) is 6.25. The van der Waals surface area contributed by atoms with Crippen LogP contribution in [0, 0.1) is 11.8 Å². The molecule has 1 aliphatic carbocycles. The van der Waals surface area contributed by atoms with E-state index in [2.05, 4.69) is 0 Å². The van der Waals surface area contributed by atoms with Gasteiger partial charge in [-0.25, -0.2) is 0 Å². The molecule has 3 fully saturated rings. The van der Waals surface area contributed by atoms with Crippen molar-refractivity contribution in [3.05, 3.63) is 0 Å². The molecule has 0 aromatic heterocycles. The summed E-state index contributed by atoms with van der Waals surface area (Å²) in [6.45, 7) is 2.39. The summed E-state index contributed by atoms with van der Waals surface area (Å²) in [4.78, 5) is 25.6. The van der Waals surface area contributed by atoms with Gasteiger partial charge in [0.25, 0.3) is 0 Å². The van der Waals surface area contributed by atoms with Crippen LogP contribution in [0.4, 0.5) is 0 Å². The second kappa shape index (κ2) is 5.93. The minimum Gasteiger partial charge on any atom is -0.550 e. The molecule has 0 aromatic rings. The molecule has 0 bridgehead atoms. The number of piperidine rings is 1. The lowest BCUT2D eigenvalue weighted by molar-refractivity contribution is -0.314. The first-order valence-electron chi connectivity index (χ1n) is 7.89. The number of amides is 1. The number of carbonyl (C=O) groups excluding carboxylic acids is 2. The number of nitrogens with zero attached hydrogens (tertiary/aromatic N) is 1. The Bertz CT molecular complexity index is 408. The van der Waals surface area contributed by atoms with E-state index in [0.29, 0.717) is 52.0 Å². The molecule has 6 heteroatoms. The first-order valence-corrected chi connectivity index (χ1v) is 7.89. The lowest BCUT2D eigenvalue weighted by Crippen LogP contribution is -2.51. The summed E-state index contributed by atoms with van der Waals surface area (Å²) >= 11 is 0. The van der Waals surface area contributed by atoms with Crippen molar-refractivity contribution < 1.29 is 24.2 Å². The van der Waals surface area contributed by atoms with Crippen molar-refractivity contribution in [3.8, 4) is 0 Å². The Morgan fingerprint density at radius 1 is 1.00 bits per heavy atom. The molecule has 2 saturated heterocycles. The van der Waals surface area contributed by atoms with Gasteiger partial charge in [-0.15, -0.1) is 0 Å². The molecule has 21 heavy (non-hydrogen) atoms. The van der Waals surface area contributed by atoms with Crippen molar-refractivity contribution in [2.75, 3.05) is 26.3 Å². The van der Waals surface area contributed by atoms with E-state index in [4.69, 9.17) is 9.47 Å². The van der Waals surface area contributed by atoms with Crippen LogP contribution in [0.25, 0.3) is 0 Å². The monoisotopic (exact) mass is 296 g/mol. The van der Waals surface area contributed by atoms with E-state index in [1.807, 2.05) is 0 Å². The van der Waals surface area contributed by atoms with Crippen molar-refractivity contribution in [2.24, 2.45) is 11.8 Å². The van der Waals surface area contributed by atoms with Crippen LogP contribution < -0.4 is 5.11 Å². The van der Waals surface area contributed by atoms with Gasteiger partial charge in [-0.1, -0.05) is 12.8 Å². The minimum absolute atomic E-state index is 0.0308. The van der Waals surface area contributed by atoms with Crippen LogP contribution in [0.2, 0.25) is 0 Å². The van der Waals surface area contributed by atoms with Gasteiger partial charge in [-0.05, 0) is 12.8 Å². The average Bonchev–Trinajstić information content (AvgIpc) is 2.95. The smallest absolute Gasteiger partial charge is 0.226 e. The number of rotatable bonds is 2. The van der Waals surface area contributed by atoms with E-state index in [0.717, 1.165) is 12.8 Å². The molecular weight excluding hydrogens is 274 g/mol. The molecule has 3 rings (SSSR count). The van der Waals surface area contributed by atoms with Crippen LogP contribution in [0.15, 0.2) is 0 Å². The molecule has 2 heterocycles. The second-order valence-corrected chi connectivity index (χ2v) is 6.25. The molecule has 2 aliphatic heterocycles. The number of ether oxygens (including phenoxy) is 2. The summed E-state index contributed by atoms with van der Waals surface area (Å²) in [5.41, 5.74) is 0. The summed E-state index contributed by atoms with van der Waals surface area (Å²) < 4.78 is 11.3. The molecule has 6 nitrogen and oxygen atoms in total. The zero-order valence-corrected chi connectivity index (χ0v) is 12.2. The van der Waals surface area contributed by atoms with Crippen molar-refractivity contribution in [1.82, 2.24) is 4.90 Å². The highest BCUT2D eigenvalue weighted by Gasteiger charge is 2.42. The normalized spacial score (nSPS) is 32.3. The maximum absolute atomic E-state index is 12.6. The van der Waals surface area contributed by atoms with Gasteiger partial charge in [0.05, 0.1) is 13.2 Å². The lowest BCUT2D eigenvalue weighted by Gasteiger charge is -2.41. The molecule has 118 valence electrons. The predicted octanol–water partition coefficient (Wildman–Crippen LogP) is -0.0918. The van der Waals surface area contributed by atoms with Crippen molar-refractivity contribution in [3.63, 3.8) is 0 Å². The molecule has 0 aromatic carbocycles. The number of hydrogen-bond donors (Lipinski definition) is 0. The maximum atomic E-state index is 12.6. The molecule has 0 radical (unpaired) electrons. The topological polar surface area (TPSA) is 78.9 Å². The van der Waals surface area contributed by atoms with E-state index in [1.54, 1.807) is 4.90 Å². The van der Waals surface area contributed by atoms with Crippen LogP contribution in [0.5, 0.6) is 0 Å². The van der Waals surface area contributed by atoms with Crippen LogP contribution in [0.1, 0.15) is 38.5 Å². The summed E-state index contributed by atoms with van der Waals surface area (Å²) in [6, 6.07) is 0. The molecule has 0 unspecified atom stereocenters. The third kappa shape index (κ3) is 2.92. The fourth-order valence-electron chi connectivity index (χ4n) is 3.80. The summed E-state index contributed by atoms with van der Waals surface area (Å²) in [7, 11) is 0. The Kier molecular flexibility index (Phi) is 4.17. The Morgan fingerprint density at radius 2 is 1.57 bits per heavy atom. The summed E-state index contributed by atoms with van der Waals surface area (Å²) in [6.07, 6.45) is 4.34. The Labute approximate surface area is 124 Å². The third-order valence-electron chi connectivity index (χ3n) is 5.04. The predicted molar refractivity (Wildman–Crippen MR) is 70.9 cm³/mol. The molecular formula is C15H22NO5-. The number of carbonyl (C=O) groups is 2. The van der Waals surface area contributed by atoms with Crippen LogP contribution in [0.3, 0.4) is 0 Å². The number of hydrogen-bond acceptors (Lipinski definition) is 5. The van der Waals surface area contributed by atoms with Crippen LogP contribution >= 0.6 is 0 Å². The average molecular weight is 296 g/mol. The lowest BCUT2D eigenvalue weighted by atomic mass is 9.78. The largest absolute Gasteiger partial charge is 0.550 e. The Hall–Kier alpha value is -1.14. The first kappa shape index (κ1) is 14.8. The summed E-state index contributed by atoms with van der Waals surface area (Å²) in [5.74, 6) is -2.65. The van der Waals surface area contributed by atoms with Gasteiger partial charge in [0, 0.05) is 43.7 Å². The highest BCUT2D eigenvalue weighted by Crippen LogP contribution is 2.35. The standard InChI is InChI=1S/C15H23NO5/c17-13(11-3-1-2-4-12(11)14(18)19)16-7-5-15(6-8-16)20-9-10-21-15/h11-12H,1-10H2,(H,18,19)/p-1/t11-,12+/m0/s1. The first-order chi connectivity index (χ1) is 10.1. The van der Waals surface area contributed by atoms with Gasteiger partial charge in [0.15, 0.2) is 5.79 Å². The van der Waals surface area contributed by atoms with Gasteiger partial charge in [0.2, 0.25) is 5.91 Å². The highest BCUT2D eigenvalue weighted by atomic mass is 16.7. The third-order valence-corrected chi connectivity index (χ3v) is 5.04. The van der Waals surface area contributed by atoms with Crippen molar-refractivity contribution in [1.29, 1.82) is 0 Å². The van der Waals surface area contributed by atoms with Gasteiger partial charge >= 0.3 is 0 Å². The van der Waals surface area contributed by atoms with Gasteiger partial charge in [-0.3, -0.25) is 4.79 Å². The fourth-order valence-corrected chi connectivity index (χ4v) is 3.80. The molecule has 1 saturated carbocycles. The van der Waals surface area contributed by atoms with E-state index in [1.165, 1.54) is 0 Å². The number of carboxylic acid groups (broad SMARTS) is 1. The van der Waals surface area contributed by atoms with E-state index in [-0.39, 0.29) is 5.91 Å². The van der Waals surface area contributed by atoms with Crippen molar-refractivity contribution >= 4 is 11.9 Å². The number of aliphatic carboxylic acids is 1. The van der Waals surface area contributed by atoms with Crippen LogP contribution in [-0.4, -0.2) is 48.9 Å². The fraction of sp³-hybridized carbons (Fsp3) is 0.867. The Morgan fingerprint density at radius 3 is 2.14 bits per heavy atom. The molecule has 1 amide bonds. The Balaban J connectivity index is 1.61. The minimum atomic E-state index is -1.08. The quantitative estimate of drug-likeness (QED) is 0.711. The van der Waals surface area contributed by atoms with Crippen molar-refractivity contribution in [2.45, 2.75) is 44.3 Å². The van der Waals surface area contributed by atoms with Crippen LogP contribution in [-0.2, 0) is 19.1 Å².